The molecule has 0 aliphatic carbocycles. The Morgan fingerprint density at radius 2 is 1.53 bits per heavy atom. The molecule has 0 spiro atoms. The van der Waals surface area contributed by atoms with Crippen molar-refractivity contribution in [3.63, 3.8) is 0 Å². The number of fused-ring (bicyclic) bond motifs is 1. The van der Waals surface area contributed by atoms with Crippen molar-refractivity contribution in [2.45, 2.75) is 82.1 Å². The van der Waals surface area contributed by atoms with Crippen LogP contribution in [-0.2, 0) is 6.42 Å². The van der Waals surface area contributed by atoms with Crippen LogP contribution in [0.25, 0.3) is 5.57 Å². The van der Waals surface area contributed by atoms with E-state index in [-0.39, 0.29) is 5.41 Å². The van der Waals surface area contributed by atoms with Gasteiger partial charge >= 0.3 is 0 Å². The number of benzene rings is 2. The molecule has 0 amide bonds. The van der Waals surface area contributed by atoms with Crippen LogP contribution in [0.2, 0.25) is 0 Å². The molecule has 0 bridgehead atoms. The van der Waals surface area contributed by atoms with Crippen LogP contribution in [0.3, 0.4) is 0 Å². The maximum atomic E-state index is 13.5. The summed E-state index contributed by atoms with van der Waals surface area (Å²) in [6, 6.07) is 11.8. The summed E-state index contributed by atoms with van der Waals surface area (Å²) in [6.07, 6.45) is 11.6. The number of allylic oxidation sites excluding steroid dienone is 7. The molecule has 0 N–H and O–H groups in total. The number of nitrogens with zero attached hydrogens (tertiary/aromatic N) is 2. The monoisotopic (exact) mass is 588 g/mol. The molecule has 2 heterocycles. The molecule has 4 rings (SSSR count). The van der Waals surface area contributed by atoms with Gasteiger partial charge < -0.3 is 9.80 Å². The van der Waals surface area contributed by atoms with Crippen molar-refractivity contribution in [3.8, 4) is 0 Å². The van der Waals surface area contributed by atoms with E-state index in [2.05, 4.69) is 63.7 Å². The number of likely N-dealkylation sites (N-methyl/N-ethyl adjacent to an activating group) is 1. The van der Waals surface area contributed by atoms with Crippen LogP contribution in [0.1, 0.15) is 85.4 Å². The second kappa shape index (κ2) is 18.1. The van der Waals surface area contributed by atoms with Gasteiger partial charge in [0, 0.05) is 36.0 Å². The summed E-state index contributed by atoms with van der Waals surface area (Å²) >= 11 is 0. The summed E-state index contributed by atoms with van der Waals surface area (Å²) in [7, 11) is 0. The van der Waals surface area contributed by atoms with E-state index in [4.69, 9.17) is 0 Å². The van der Waals surface area contributed by atoms with E-state index < -0.39 is 11.6 Å². The molecule has 0 saturated carbocycles. The minimum atomic E-state index is -0.543. The van der Waals surface area contributed by atoms with Crippen molar-refractivity contribution in [3.05, 3.63) is 137 Å². The minimum Gasteiger partial charge on any atom is -0.331 e. The van der Waals surface area contributed by atoms with Gasteiger partial charge in [0.25, 0.3) is 0 Å². The van der Waals surface area contributed by atoms with Crippen molar-refractivity contribution < 1.29 is 8.78 Å². The molecule has 43 heavy (non-hydrogen) atoms. The van der Waals surface area contributed by atoms with Crippen LogP contribution >= 0.6 is 0 Å². The molecule has 0 radical (unpaired) electrons. The molecule has 0 saturated heterocycles. The first-order chi connectivity index (χ1) is 20.3. The van der Waals surface area contributed by atoms with Crippen molar-refractivity contribution >= 4 is 5.57 Å². The van der Waals surface area contributed by atoms with Crippen molar-refractivity contribution in [2.75, 3.05) is 13.1 Å². The van der Waals surface area contributed by atoms with Crippen molar-refractivity contribution in [2.24, 2.45) is 5.41 Å². The highest BCUT2D eigenvalue weighted by Gasteiger charge is 2.37. The summed E-state index contributed by atoms with van der Waals surface area (Å²) in [5.74, 6) is 0.288. The van der Waals surface area contributed by atoms with Crippen molar-refractivity contribution in [1.82, 2.24) is 9.80 Å². The maximum Gasteiger partial charge on any atom is 0.129 e. The predicted octanol–water partition coefficient (Wildman–Crippen LogP) is 11.4. The molecule has 0 fully saturated rings. The lowest BCUT2D eigenvalue weighted by molar-refractivity contribution is 0.267. The second-order valence-electron chi connectivity index (χ2n) is 11.2. The number of hydrogen-bond acceptors (Lipinski definition) is 2. The maximum absolute atomic E-state index is 13.5. The second-order valence-corrected chi connectivity index (χ2v) is 11.2. The van der Waals surface area contributed by atoms with E-state index in [1.54, 1.807) is 0 Å². The van der Waals surface area contributed by atoms with Crippen LogP contribution < -0.4 is 0 Å². The molecule has 2 aromatic rings. The Morgan fingerprint density at radius 3 is 2.05 bits per heavy atom. The third-order valence-electron chi connectivity index (χ3n) is 7.33. The number of rotatable bonds is 6. The SMILES string of the molecule is C/C=C\C=C/C.C=C(CCc1ccc(F)cc1F)c1ccc(C)cc1.C=C1C(C)=C(C)N2CC(C)(C)C=C2N1CC.CC. The van der Waals surface area contributed by atoms with Gasteiger partial charge in [-0.05, 0) is 88.8 Å². The lowest BCUT2D eigenvalue weighted by Crippen LogP contribution is -2.37. The number of hydrogen-bond donors (Lipinski definition) is 0. The Hall–Kier alpha value is -3.66. The first-order valence-corrected chi connectivity index (χ1v) is 15.4. The third kappa shape index (κ3) is 11.2. The van der Waals surface area contributed by atoms with Gasteiger partial charge in [0.05, 0.1) is 0 Å². The fraction of sp³-hybridized carbons (Fsp3) is 0.385. The largest absolute Gasteiger partial charge is 0.331 e. The lowest BCUT2D eigenvalue weighted by Gasteiger charge is -2.40. The van der Waals surface area contributed by atoms with E-state index in [1.165, 1.54) is 34.8 Å². The van der Waals surface area contributed by atoms with Gasteiger partial charge in [-0.2, -0.15) is 0 Å². The first-order valence-electron chi connectivity index (χ1n) is 15.4. The molecule has 4 heteroatoms. The third-order valence-corrected chi connectivity index (χ3v) is 7.33. The highest BCUT2D eigenvalue weighted by atomic mass is 19.1. The Labute approximate surface area is 261 Å². The van der Waals surface area contributed by atoms with Gasteiger partial charge in [0.15, 0.2) is 0 Å². The molecule has 2 aliphatic heterocycles. The molecule has 0 unspecified atom stereocenters. The molecule has 234 valence electrons. The Kier molecular flexibility index (Phi) is 15.7. The summed E-state index contributed by atoms with van der Waals surface area (Å²) in [6.45, 7) is 31.5. The molecule has 2 nitrogen and oxygen atoms in total. The smallest absolute Gasteiger partial charge is 0.129 e. The van der Waals surface area contributed by atoms with Crippen LogP contribution in [0, 0.1) is 24.0 Å². The normalized spacial score (nSPS) is 15.3. The summed E-state index contributed by atoms with van der Waals surface area (Å²) < 4.78 is 26.3. The van der Waals surface area contributed by atoms with E-state index in [9.17, 15) is 8.78 Å². The number of aryl methyl sites for hydroxylation is 2. The van der Waals surface area contributed by atoms with Crippen LogP contribution in [-0.4, -0.2) is 22.9 Å². The van der Waals surface area contributed by atoms with Crippen LogP contribution in [0.4, 0.5) is 8.78 Å². The van der Waals surface area contributed by atoms with E-state index in [0.717, 1.165) is 36.0 Å². The Morgan fingerprint density at radius 1 is 0.953 bits per heavy atom. The highest BCUT2D eigenvalue weighted by Crippen LogP contribution is 2.41. The molecule has 2 aliphatic rings. The fourth-order valence-corrected chi connectivity index (χ4v) is 4.75. The van der Waals surface area contributed by atoms with Crippen molar-refractivity contribution in [1.29, 1.82) is 0 Å². The summed E-state index contributed by atoms with van der Waals surface area (Å²) in [4.78, 5) is 4.74. The van der Waals surface area contributed by atoms with Gasteiger partial charge in [0.1, 0.15) is 17.5 Å². The van der Waals surface area contributed by atoms with Gasteiger partial charge in [-0.25, -0.2) is 8.78 Å². The van der Waals surface area contributed by atoms with Gasteiger partial charge in [-0.1, -0.05) is 101 Å². The molecular weight excluding hydrogens is 534 g/mol. The first kappa shape index (κ1) is 37.4. The molecule has 2 aromatic carbocycles. The van der Waals surface area contributed by atoms with E-state index in [0.29, 0.717) is 18.4 Å². The predicted molar refractivity (Wildman–Crippen MR) is 184 cm³/mol. The Bertz CT molecular complexity index is 1310. The zero-order chi connectivity index (χ0) is 32.7. The van der Waals surface area contributed by atoms with E-state index >= 15 is 0 Å². The minimum absolute atomic E-state index is 0.259. The van der Waals surface area contributed by atoms with Gasteiger partial charge in [-0.3, -0.25) is 0 Å². The topological polar surface area (TPSA) is 6.48 Å². The molecule has 0 atom stereocenters. The standard InChI is InChI=1S/C17H16F2.C14H22N2.C6H10.C2H6/c1-12-3-6-14(7-4-12)13(2)5-8-15-9-10-16(18)11-17(15)19;1-7-15-11(3)10(2)12(4)16-9-14(5,6)8-13(15)16;1-3-5-6-4-2;1-2/h3-4,6-7,9-11H,2,5,8H2,1H3;8H,3,7,9H2,1-2,4-6H3;3-6H,1-2H3;1-2H3/b;;5-3-,6-4-;. The van der Waals surface area contributed by atoms with Crippen LogP contribution in [0.15, 0.2) is 109 Å². The lowest BCUT2D eigenvalue weighted by atomic mass is 9.96. The zero-order valence-electron chi connectivity index (χ0n) is 28.3. The summed E-state index contributed by atoms with van der Waals surface area (Å²) in [5.41, 5.74) is 7.82. The van der Waals surface area contributed by atoms with Gasteiger partial charge in [0.2, 0.25) is 0 Å². The van der Waals surface area contributed by atoms with Gasteiger partial charge in [-0.15, -0.1) is 0 Å². The number of halogens is 2. The fourth-order valence-electron chi connectivity index (χ4n) is 4.75. The Balaban J connectivity index is 0.000000349. The quantitative estimate of drug-likeness (QED) is 0.310. The molecular formula is C39H54F2N2. The zero-order valence-corrected chi connectivity index (χ0v) is 28.3. The van der Waals surface area contributed by atoms with Crippen LogP contribution in [0.5, 0.6) is 0 Å². The molecule has 0 aromatic heterocycles. The average Bonchev–Trinajstić information content (AvgIpc) is 3.31. The highest BCUT2D eigenvalue weighted by molar-refractivity contribution is 5.63. The average molecular weight is 589 g/mol. The summed E-state index contributed by atoms with van der Waals surface area (Å²) in [5, 5.41) is 0. The van der Waals surface area contributed by atoms with E-state index in [1.807, 2.05) is 83.2 Å².